The van der Waals surface area contributed by atoms with E-state index in [1.54, 1.807) is 30.3 Å². The maximum Gasteiger partial charge on any atom is 0.251 e. The number of benzene rings is 3. The standard InChI is InChI=1S/C22H18F2N2O2/c23-18-12-11-17(14-19(18)24)25-22(28)20(13-15-7-3-1-4-8-15)26-21(27)16-9-5-2-6-10-16/h1-12,14,20H,13H2,(H,25,28)(H,26,27)/t20-/m0/s1. The predicted octanol–water partition coefficient (Wildman–Crippen LogP) is 3.94. The molecular formula is C22H18F2N2O2. The summed E-state index contributed by atoms with van der Waals surface area (Å²) < 4.78 is 26.5. The average molecular weight is 380 g/mol. The Morgan fingerprint density at radius 2 is 1.46 bits per heavy atom. The van der Waals surface area contributed by atoms with Crippen LogP contribution in [0.4, 0.5) is 14.5 Å². The average Bonchev–Trinajstić information content (AvgIpc) is 2.71. The molecule has 1 atom stereocenters. The minimum absolute atomic E-state index is 0.107. The molecule has 0 aromatic heterocycles. The van der Waals surface area contributed by atoms with Crippen molar-refractivity contribution < 1.29 is 18.4 Å². The van der Waals surface area contributed by atoms with Crippen LogP contribution in [0.25, 0.3) is 0 Å². The quantitative estimate of drug-likeness (QED) is 0.680. The van der Waals surface area contributed by atoms with Gasteiger partial charge < -0.3 is 10.6 Å². The van der Waals surface area contributed by atoms with E-state index in [-0.39, 0.29) is 12.1 Å². The zero-order valence-corrected chi connectivity index (χ0v) is 14.9. The van der Waals surface area contributed by atoms with Crippen molar-refractivity contribution in [3.8, 4) is 0 Å². The van der Waals surface area contributed by atoms with Gasteiger partial charge in [-0.25, -0.2) is 8.78 Å². The van der Waals surface area contributed by atoms with Gasteiger partial charge in [-0.15, -0.1) is 0 Å². The molecule has 0 heterocycles. The molecule has 0 fully saturated rings. The molecule has 6 heteroatoms. The Kier molecular flexibility index (Phi) is 6.11. The number of rotatable bonds is 6. The lowest BCUT2D eigenvalue weighted by atomic mass is 10.0. The summed E-state index contributed by atoms with van der Waals surface area (Å²) in [5, 5.41) is 5.24. The zero-order chi connectivity index (χ0) is 19.9. The van der Waals surface area contributed by atoms with Crippen LogP contribution in [0.3, 0.4) is 0 Å². The molecule has 2 N–H and O–H groups in total. The maximum atomic E-state index is 13.4. The van der Waals surface area contributed by atoms with Crippen molar-refractivity contribution in [3.63, 3.8) is 0 Å². The Hall–Kier alpha value is -3.54. The number of halogens is 2. The van der Waals surface area contributed by atoms with Gasteiger partial charge in [-0.1, -0.05) is 48.5 Å². The Morgan fingerprint density at radius 1 is 0.821 bits per heavy atom. The summed E-state index contributed by atoms with van der Waals surface area (Å²) in [5.41, 5.74) is 1.37. The summed E-state index contributed by atoms with van der Waals surface area (Å²) in [6.45, 7) is 0. The van der Waals surface area contributed by atoms with E-state index >= 15 is 0 Å². The number of hydrogen-bond acceptors (Lipinski definition) is 2. The first-order chi connectivity index (χ1) is 13.5. The molecule has 3 rings (SSSR count). The van der Waals surface area contributed by atoms with E-state index in [2.05, 4.69) is 10.6 Å². The Morgan fingerprint density at radius 3 is 2.11 bits per heavy atom. The molecule has 0 aliphatic carbocycles. The molecule has 0 saturated heterocycles. The number of carbonyl (C=O) groups is 2. The van der Waals surface area contributed by atoms with Crippen LogP contribution in [0.2, 0.25) is 0 Å². The monoisotopic (exact) mass is 380 g/mol. The smallest absolute Gasteiger partial charge is 0.251 e. The van der Waals surface area contributed by atoms with Gasteiger partial charge in [-0.05, 0) is 29.8 Å². The normalized spacial score (nSPS) is 11.5. The second kappa shape index (κ2) is 8.90. The van der Waals surface area contributed by atoms with Crippen LogP contribution >= 0.6 is 0 Å². The molecular weight excluding hydrogens is 362 g/mol. The molecule has 142 valence electrons. The van der Waals surface area contributed by atoms with E-state index in [1.807, 2.05) is 30.3 Å². The van der Waals surface area contributed by atoms with Crippen LogP contribution in [-0.4, -0.2) is 17.9 Å². The van der Waals surface area contributed by atoms with Crippen molar-refractivity contribution in [1.82, 2.24) is 5.32 Å². The lowest BCUT2D eigenvalue weighted by molar-refractivity contribution is -0.118. The van der Waals surface area contributed by atoms with Crippen molar-refractivity contribution >= 4 is 17.5 Å². The highest BCUT2D eigenvalue weighted by atomic mass is 19.2. The summed E-state index contributed by atoms with van der Waals surface area (Å²) in [7, 11) is 0. The fourth-order valence-electron chi connectivity index (χ4n) is 2.69. The number of anilines is 1. The Labute approximate surface area is 161 Å². The van der Waals surface area contributed by atoms with Gasteiger partial charge in [-0.3, -0.25) is 9.59 Å². The molecule has 2 amide bonds. The lowest BCUT2D eigenvalue weighted by Gasteiger charge is -2.19. The highest BCUT2D eigenvalue weighted by molar-refractivity contribution is 6.01. The van der Waals surface area contributed by atoms with Crippen LogP contribution in [0.5, 0.6) is 0 Å². The number of hydrogen-bond donors (Lipinski definition) is 2. The summed E-state index contributed by atoms with van der Waals surface area (Å²) in [6, 6.07) is 19.9. The third-order valence-corrected chi connectivity index (χ3v) is 4.13. The molecule has 0 saturated carbocycles. The first-order valence-electron chi connectivity index (χ1n) is 8.68. The Balaban J connectivity index is 1.79. The van der Waals surface area contributed by atoms with Gasteiger partial charge >= 0.3 is 0 Å². The molecule has 0 aliphatic rings. The topological polar surface area (TPSA) is 58.2 Å². The van der Waals surface area contributed by atoms with Crippen LogP contribution in [-0.2, 0) is 11.2 Å². The minimum Gasteiger partial charge on any atom is -0.340 e. The summed E-state index contributed by atoms with van der Waals surface area (Å²) in [4.78, 5) is 25.2. The van der Waals surface area contributed by atoms with E-state index in [9.17, 15) is 18.4 Å². The highest BCUT2D eigenvalue weighted by Gasteiger charge is 2.22. The van der Waals surface area contributed by atoms with E-state index < -0.39 is 29.5 Å². The lowest BCUT2D eigenvalue weighted by Crippen LogP contribution is -2.45. The first kappa shape index (κ1) is 19.2. The minimum atomic E-state index is -1.06. The molecule has 4 nitrogen and oxygen atoms in total. The molecule has 0 spiro atoms. The number of carbonyl (C=O) groups excluding carboxylic acids is 2. The maximum absolute atomic E-state index is 13.4. The largest absolute Gasteiger partial charge is 0.340 e. The van der Waals surface area contributed by atoms with Crippen LogP contribution in [0.1, 0.15) is 15.9 Å². The molecule has 3 aromatic carbocycles. The SMILES string of the molecule is O=C(N[C@@H](Cc1ccccc1)C(=O)Nc1ccc(F)c(F)c1)c1ccccc1. The van der Waals surface area contributed by atoms with Crippen molar-refractivity contribution in [2.75, 3.05) is 5.32 Å². The van der Waals surface area contributed by atoms with Gasteiger partial charge in [0.15, 0.2) is 11.6 Å². The molecule has 28 heavy (non-hydrogen) atoms. The van der Waals surface area contributed by atoms with Gasteiger partial charge in [0.1, 0.15) is 6.04 Å². The van der Waals surface area contributed by atoms with Crippen LogP contribution in [0, 0.1) is 11.6 Å². The number of amides is 2. The van der Waals surface area contributed by atoms with Crippen LogP contribution in [0.15, 0.2) is 78.9 Å². The van der Waals surface area contributed by atoms with Gasteiger partial charge in [0.25, 0.3) is 5.91 Å². The van der Waals surface area contributed by atoms with Crippen molar-refractivity contribution in [3.05, 3.63) is 102 Å². The first-order valence-corrected chi connectivity index (χ1v) is 8.68. The van der Waals surface area contributed by atoms with Crippen molar-refractivity contribution in [2.45, 2.75) is 12.5 Å². The molecule has 0 unspecified atom stereocenters. The zero-order valence-electron chi connectivity index (χ0n) is 14.9. The molecule has 0 aliphatic heterocycles. The van der Waals surface area contributed by atoms with E-state index in [4.69, 9.17) is 0 Å². The summed E-state index contributed by atoms with van der Waals surface area (Å²) >= 11 is 0. The van der Waals surface area contributed by atoms with E-state index in [0.717, 1.165) is 17.7 Å². The summed E-state index contributed by atoms with van der Waals surface area (Å²) in [5.74, 6) is -3.00. The van der Waals surface area contributed by atoms with E-state index in [1.165, 1.54) is 6.07 Å². The van der Waals surface area contributed by atoms with Gasteiger partial charge in [-0.2, -0.15) is 0 Å². The predicted molar refractivity (Wildman–Crippen MR) is 103 cm³/mol. The van der Waals surface area contributed by atoms with E-state index in [0.29, 0.717) is 5.56 Å². The van der Waals surface area contributed by atoms with Gasteiger partial charge in [0, 0.05) is 23.7 Å². The fourth-order valence-corrected chi connectivity index (χ4v) is 2.69. The van der Waals surface area contributed by atoms with Gasteiger partial charge in [0.2, 0.25) is 5.91 Å². The number of nitrogens with one attached hydrogen (secondary N) is 2. The van der Waals surface area contributed by atoms with Crippen molar-refractivity contribution in [1.29, 1.82) is 0 Å². The summed E-state index contributed by atoms with van der Waals surface area (Å²) in [6.07, 6.45) is 0.245. The Bertz CT molecular complexity index is 963. The second-order valence-electron chi connectivity index (χ2n) is 6.20. The fraction of sp³-hybridized carbons (Fsp3) is 0.0909. The van der Waals surface area contributed by atoms with Crippen LogP contribution < -0.4 is 10.6 Å². The van der Waals surface area contributed by atoms with Gasteiger partial charge in [0.05, 0.1) is 0 Å². The molecule has 0 bridgehead atoms. The third kappa shape index (κ3) is 5.01. The molecule has 0 radical (unpaired) electrons. The van der Waals surface area contributed by atoms with Crippen molar-refractivity contribution in [2.24, 2.45) is 0 Å². The third-order valence-electron chi connectivity index (χ3n) is 4.13. The second-order valence-corrected chi connectivity index (χ2v) is 6.20. The highest BCUT2D eigenvalue weighted by Crippen LogP contribution is 2.14. The molecule has 3 aromatic rings.